The Bertz CT molecular complexity index is 1380. The van der Waals surface area contributed by atoms with Crippen LogP contribution >= 0.6 is 11.8 Å². The summed E-state index contributed by atoms with van der Waals surface area (Å²) in [6.07, 6.45) is 11.2. The Morgan fingerprint density at radius 1 is 1.07 bits per heavy atom. The molecule has 1 spiro atoms. The molecule has 234 valence electrons. The van der Waals surface area contributed by atoms with Gasteiger partial charge in [-0.25, -0.2) is 0 Å². The molecule has 1 saturated carbocycles. The Hall–Kier alpha value is -3.14. The van der Waals surface area contributed by atoms with Crippen molar-refractivity contribution in [1.29, 1.82) is 0 Å². The van der Waals surface area contributed by atoms with Crippen LogP contribution in [0.3, 0.4) is 0 Å². The number of nitrogens with one attached hydrogen (secondary N) is 2. The first-order valence-electron chi connectivity index (χ1n) is 16.1. The minimum atomic E-state index is -1.14. The first-order chi connectivity index (χ1) is 21.4. The second kappa shape index (κ2) is 13.5. The number of amides is 3. The molecule has 0 unspecified atom stereocenters. The normalized spacial score (nSPS) is 27.6. The highest BCUT2D eigenvalue weighted by Crippen LogP contribution is 2.55. The fraction of sp³-hybridized carbons (Fsp3) is 0.514. The molecule has 9 heteroatoms. The van der Waals surface area contributed by atoms with Crippen LogP contribution in [0.4, 0.5) is 5.69 Å². The molecule has 4 aliphatic rings. The van der Waals surface area contributed by atoms with Gasteiger partial charge in [0.1, 0.15) is 11.6 Å². The fourth-order valence-corrected chi connectivity index (χ4v) is 8.08. The monoisotopic (exact) mass is 616 g/mol. The maximum Gasteiger partial charge on any atom is 0.246 e. The zero-order chi connectivity index (χ0) is 30.7. The van der Waals surface area contributed by atoms with Crippen LogP contribution in [0.15, 0.2) is 71.6 Å². The van der Waals surface area contributed by atoms with Crippen LogP contribution < -0.4 is 10.6 Å². The summed E-state index contributed by atoms with van der Waals surface area (Å²) in [5, 5.41) is 6.32. The maximum atomic E-state index is 14.3. The molecule has 2 N–H and O–H groups in total. The number of fused-ring (bicyclic) bond motifs is 1. The topological polar surface area (TPSA) is 91.0 Å². The van der Waals surface area contributed by atoms with Crippen molar-refractivity contribution in [3.63, 3.8) is 0 Å². The summed E-state index contributed by atoms with van der Waals surface area (Å²) in [6.45, 7) is 5.07. The predicted octanol–water partition coefficient (Wildman–Crippen LogP) is 4.86. The lowest BCUT2D eigenvalue weighted by Gasteiger charge is -2.34. The number of benzene rings is 2. The van der Waals surface area contributed by atoms with Gasteiger partial charge in [0.2, 0.25) is 17.7 Å². The molecule has 0 radical (unpaired) electrons. The van der Waals surface area contributed by atoms with E-state index >= 15 is 0 Å². The highest BCUT2D eigenvalue weighted by molar-refractivity contribution is 7.98. The molecule has 8 nitrogen and oxygen atoms in total. The number of thioether (sulfide) groups is 1. The molecule has 2 bridgehead atoms. The van der Waals surface area contributed by atoms with Crippen molar-refractivity contribution in [2.75, 3.05) is 31.2 Å². The van der Waals surface area contributed by atoms with Crippen LogP contribution in [0.2, 0.25) is 0 Å². The highest BCUT2D eigenvalue weighted by Gasteiger charge is 2.72. The predicted molar refractivity (Wildman–Crippen MR) is 173 cm³/mol. The van der Waals surface area contributed by atoms with Gasteiger partial charge in [0.15, 0.2) is 0 Å². The van der Waals surface area contributed by atoms with Crippen molar-refractivity contribution < 1.29 is 19.1 Å². The first kappa shape index (κ1) is 30.9. The number of rotatable bonds is 12. The van der Waals surface area contributed by atoms with Gasteiger partial charge in [-0.3, -0.25) is 19.3 Å². The van der Waals surface area contributed by atoms with Gasteiger partial charge in [0.05, 0.1) is 17.9 Å². The number of anilines is 1. The number of hydrogen-bond donors (Lipinski definition) is 2. The van der Waals surface area contributed by atoms with Gasteiger partial charge < -0.3 is 20.3 Å². The number of ether oxygens (including phenoxy) is 1. The standard InChI is InChI=1S/C35H44N4O4S/c1-3-38(23-24-12-6-4-7-13-24)20-11-21-39-31(33(41)36-25-14-8-5-9-15-25)35-19-18-28(43-35)29(30(35)34(39)42)32(40)37-26-16-10-17-27(22-26)44-2/h4,6-7,10,12-13,16-19,22,25,28-31H,3,5,8-9,11,14-15,20-21,23H2,1-2H3,(H,36,41)(H,37,40)/t28-,29+,30-,31-,35+/m1/s1. The average Bonchev–Trinajstić information content (AvgIpc) is 3.69. The zero-order valence-electron chi connectivity index (χ0n) is 25.7. The lowest BCUT2D eigenvalue weighted by atomic mass is 9.74. The molecule has 2 aromatic carbocycles. The van der Waals surface area contributed by atoms with E-state index in [0.717, 1.165) is 50.2 Å². The minimum Gasteiger partial charge on any atom is -0.359 e. The van der Waals surface area contributed by atoms with E-state index < -0.39 is 29.6 Å². The van der Waals surface area contributed by atoms with Gasteiger partial charge in [-0.15, -0.1) is 11.8 Å². The van der Waals surface area contributed by atoms with E-state index in [0.29, 0.717) is 18.7 Å². The van der Waals surface area contributed by atoms with Crippen molar-refractivity contribution in [2.45, 2.75) is 80.7 Å². The Kier molecular flexibility index (Phi) is 9.45. The lowest BCUT2D eigenvalue weighted by molar-refractivity contribution is -0.141. The largest absolute Gasteiger partial charge is 0.359 e. The van der Waals surface area contributed by atoms with E-state index in [9.17, 15) is 14.4 Å². The van der Waals surface area contributed by atoms with Crippen molar-refractivity contribution >= 4 is 35.2 Å². The van der Waals surface area contributed by atoms with Crippen LogP contribution in [0, 0.1) is 11.8 Å². The van der Waals surface area contributed by atoms with E-state index in [2.05, 4.69) is 34.6 Å². The third-order valence-corrected chi connectivity index (χ3v) is 10.5. The third-order valence-electron chi connectivity index (χ3n) is 9.78. The molecule has 3 heterocycles. The third kappa shape index (κ3) is 6.06. The minimum absolute atomic E-state index is 0.107. The molecular formula is C35H44N4O4S. The summed E-state index contributed by atoms with van der Waals surface area (Å²) in [5.74, 6) is -2.01. The van der Waals surface area contributed by atoms with Gasteiger partial charge in [0.25, 0.3) is 0 Å². The second-order valence-electron chi connectivity index (χ2n) is 12.5. The van der Waals surface area contributed by atoms with Crippen LogP contribution in [0.1, 0.15) is 51.0 Å². The summed E-state index contributed by atoms with van der Waals surface area (Å²) in [7, 11) is 0. The fourth-order valence-electron chi connectivity index (χ4n) is 7.62. The Morgan fingerprint density at radius 2 is 1.86 bits per heavy atom. The summed E-state index contributed by atoms with van der Waals surface area (Å²) in [4.78, 5) is 47.3. The lowest BCUT2D eigenvalue weighted by Crippen LogP contribution is -2.56. The van der Waals surface area contributed by atoms with Gasteiger partial charge in [0, 0.05) is 36.3 Å². The molecule has 3 aliphatic heterocycles. The van der Waals surface area contributed by atoms with Crippen molar-refractivity contribution in [3.05, 3.63) is 72.3 Å². The van der Waals surface area contributed by atoms with Gasteiger partial charge in [-0.05, 0) is 55.8 Å². The van der Waals surface area contributed by atoms with Crippen LogP contribution in [0.5, 0.6) is 0 Å². The molecule has 0 aromatic heterocycles. The van der Waals surface area contributed by atoms with Gasteiger partial charge in [-0.1, -0.05) is 74.7 Å². The number of carbonyl (C=O) groups is 3. The van der Waals surface area contributed by atoms with E-state index in [4.69, 9.17) is 4.74 Å². The summed E-state index contributed by atoms with van der Waals surface area (Å²) < 4.78 is 6.54. The maximum absolute atomic E-state index is 14.3. The van der Waals surface area contributed by atoms with Crippen molar-refractivity contribution in [3.8, 4) is 0 Å². The Labute approximate surface area is 265 Å². The molecule has 2 saturated heterocycles. The molecular weight excluding hydrogens is 572 g/mol. The van der Waals surface area contributed by atoms with Crippen LogP contribution in [-0.4, -0.2) is 77.2 Å². The second-order valence-corrected chi connectivity index (χ2v) is 13.4. The van der Waals surface area contributed by atoms with E-state index in [1.165, 1.54) is 12.0 Å². The average molecular weight is 617 g/mol. The number of likely N-dealkylation sites (tertiary alicyclic amines) is 1. The van der Waals surface area contributed by atoms with Crippen LogP contribution in [0.25, 0.3) is 0 Å². The van der Waals surface area contributed by atoms with Crippen molar-refractivity contribution in [2.24, 2.45) is 11.8 Å². The van der Waals surface area contributed by atoms with Crippen molar-refractivity contribution in [1.82, 2.24) is 15.1 Å². The summed E-state index contributed by atoms with van der Waals surface area (Å²) in [5.41, 5.74) is 0.796. The zero-order valence-corrected chi connectivity index (χ0v) is 26.6. The Morgan fingerprint density at radius 3 is 2.61 bits per heavy atom. The quantitative estimate of drug-likeness (QED) is 0.262. The van der Waals surface area contributed by atoms with Crippen LogP contribution in [-0.2, 0) is 25.7 Å². The van der Waals surface area contributed by atoms with E-state index in [1.54, 1.807) is 16.7 Å². The van der Waals surface area contributed by atoms with E-state index in [1.807, 2.05) is 60.9 Å². The van der Waals surface area contributed by atoms with Gasteiger partial charge in [-0.2, -0.15) is 0 Å². The molecule has 1 aliphatic carbocycles. The summed E-state index contributed by atoms with van der Waals surface area (Å²) in [6, 6.07) is 17.4. The van der Waals surface area contributed by atoms with E-state index in [-0.39, 0.29) is 23.8 Å². The molecule has 44 heavy (non-hydrogen) atoms. The number of nitrogens with zero attached hydrogens (tertiary/aromatic N) is 2. The highest BCUT2D eigenvalue weighted by atomic mass is 32.2. The number of hydrogen-bond acceptors (Lipinski definition) is 6. The first-order valence-corrected chi connectivity index (χ1v) is 17.3. The molecule has 5 atom stereocenters. The summed E-state index contributed by atoms with van der Waals surface area (Å²) >= 11 is 1.60. The van der Waals surface area contributed by atoms with Gasteiger partial charge >= 0.3 is 0 Å². The number of carbonyl (C=O) groups excluding carboxylic acids is 3. The molecule has 6 rings (SSSR count). The Balaban J connectivity index is 1.22. The molecule has 3 amide bonds. The smallest absolute Gasteiger partial charge is 0.246 e. The molecule has 3 fully saturated rings. The molecule has 2 aromatic rings. The SMILES string of the molecule is CCN(CCCN1C(=O)[C@H]2[C@@H](C(=O)Nc3cccc(SC)c3)[C@H]3C=C[C@@]2(O3)[C@H]1C(=O)NC1CCCCC1)Cc1ccccc1.